The average molecular weight is 371 g/mol. The summed E-state index contributed by atoms with van der Waals surface area (Å²) in [5.41, 5.74) is 0. The van der Waals surface area contributed by atoms with Crippen LogP contribution in [0, 0.1) is 11.8 Å². The van der Waals surface area contributed by atoms with E-state index in [0.717, 1.165) is 38.5 Å². The number of unbranched alkanes of at least 4 members (excludes halogenated alkanes) is 3. The monoisotopic (exact) mass is 370 g/mol. The van der Waals surface area contributed by atoms with Gasteiger partial charge in [-0.1, -0.05) is 50.5 Å². The highest BCUT2D eigenvalue weighted by molar-refractivity contribution is 5.06. The minimum atomic E-state index is -0.645. The topological polar surface area (TPSA) is 101 Å². The van der Waals surface area contributed by atoms with Gasteiger partial charge >= 0.3 is 0 Å². The molecule has 0 saturated heterocycles. The van der Waals surface area contributed by atoms with Crippen LogP contribution in [0.15, 0.2) is 24.3 Å². The first-order valence-electron chi connectivity index (χ1n) is 10.2. The minimum absolute atomic E-state index is 0.0385. The third-order valence-electron chi connectivity index (χ3n) is 5.27. The summed E-state index contributed by atoms with van der Waals surface area (Å²) >= 11 is 0. The van der Waals surface area contributed by atoms with Crippen LogP contribution in [0.2, 0.25) is 0 Å². The van der Waals surface area contributed by atoms with Gasteiger partial charge in [0.25, 0.3) is 0 Å². The first-order chi connectivity index (χ1) is 12.5. The minimum Gasteiger partial charge on any atom is -0.394 e. The van der Waals surface area contributed by atoms with Gasteiger partial charge < -0.3 is 25.5 Å². The van der Waals surface area contributed by atoms with Crippen molar-refractivity contribution < 1.29 is 25.5 Å². The highest BCUT2D eigenvalue weighted by atomic mass is 16.3. The van der Waals surface area contributed by atoms with Crippen LogP contribution in [0.1, 0.15) is 64.7 Å². The lowest BCUT2D eigenvalue weighted by atomic mass is 9.89. The van der Waals surface area contributed by atoms with Crippen molar-refractivity contribution in [3.8, 4) is 0 Å². The van der Waals surface area contributed by atoms with Gasteiger partial charge in [0.2, 0.25) is 0 Å². The smallest absolute Gasteiger partial charge is 0.0771 e. The maximum absolute atomic E-state index is 10.2. The van der Waals surface area contributed by atoms with E-state index in [9.17, 15) is 20.4 Å². The summed E-state index contributed by atoms with van der Waals surface area (Å²) in [5, 5.41) is 48.5. The Balaban J connectivity index is 2.43. The highest BCUT2D eigenvalue weighted by Crippen LogP contribution is 2.36. The molecule has 0 radical (unpaired) electrons. The Morgan fingerprint density at radius 3 is 2.46 bits per heavy atom. The van der Waals surface area contributed by atoms with E-state index >= 15 is 0 Å². The van der Waals surface area contributed by atoms with E-state index in [1.54, 1.807) is 6.08 Å². The summed E-state index contributed by atoms with van der Waals surface area (Å²) < 4.78 is 0. The van der Waals surface area contributed by atoms with Gasteiger partial charge in [-0.05, 0) is 38.0 Å². The second-order valence-electron chi connectivity index (χ2n) is 7.53. The van der Waals surface area contributed by atoms with Crippen molar-refractivity contribution >= 4 is 0 Å². The number of allylic oxidation sites excluding steroid dienone is 2. The third kappa shape index (κ3) is 8.78. The molecule has 0 spiro atoms. The molecular weight excluding hydrogens is 332 g/mol. The van der Waals surface area contributed by atoms with Crippen LogP contribution in [-0.4, -0.2) is 56.6 Å². The fraction of sp³-hybridized carbons (Fsp3) is 0.810. The van der Waals surface area contributed by atoms with E-state index in [2.05, 4.69) is 6.92 Å². The summed E-state index contributed by atoms with van der Waals surface area (Å²) in [7, 11) is 0. The van der Waals surface area contributed by atoms with Gasteiger partial charge in [-0.2, -0.15) is 0 Å². The van der Waals surface area contributed by atoms with Crippen molar-refractivity contribution in [1.82, 2.24) is 0 Å². The van der Waals surface area contributed by atoms with Crippen LogP contribution in [0.4, 0.5) is 0 Å². The van der Waals surface area contributed by atoms with Gasteiger partial charge in [-0.3, -0.25) is 0 Å². The molecule has 1 aliphatic rings. The van der Waals surface area contributed by atoms with Crippen molar-refractivity contribution in [2.75, 3.05) is 6.61 Å². The average Bonchev–Trinajstić information content (AvgIpc) is 2.89. The molecule has 1 saturated carbocycles. The van der Waals surface area contributed by atoms with Crippen LogP contribution < -0.4 is 0 Å². The molecule has 5 heteroatoms. The molecule has 0 aromatic carbocycles. The van der Waals surface area contributed by atoms with E-state index in [-0.39, 0.29) is 18.4 Å². The normalized spacial score (nSPS) is 29.0. The molecule has 0 amide bonds. The van der Waals surface area contributed by atoms with Crippen LogP contribution in [0.3, 0.4) is 0 Å². The predicted molar refractivity (Wildman–Crippen MR) is 104 cm³/mol. The fourth-order valence-corrected chi connectivity index (χ4v) is 3.60. The van der Waals surface area contributed by atoms with E-state index < -0.39 is 24.4 Å². The van der Waals surface area contributed by atoms with Crippen LogP contribution in [-0.2, 0) is 0 Å². The Hall–Kier alpha value is -0.720. The zero-order valence-electron chi connectivity index (χ0n) is 16.1. The van der Waals surface area contributed by atoms with Gasteiger partial charge in [0.1, 0.15) is 0 Å². The van der Waals surface area contributed by atoms with E-state index in [0.29, 0.717) is 19.3 Å². The molecule has 0 aromatic heterocycles. The Kier molecular flexibility index (Phi) is 12.1. The molecule has 26 heavy (non-hydrogen) atoms. The zero-order chi connectivity index (χ0) is 19.4. The lowest BCUT2D eigenvalue weighted by Crippen LogP contribution is -2.20. The van der Waals surface area contributed by atoms with Crippen LogP contribution in [0.25, 0.3) is 0 Å². The van der Waals surface area contributed by atoms with Gasteiger partial charge in [0.05, 0.1) is 31.0 Å². The zero-order valence-corrected chi connectivity index (χ0v) is 16.1. The van der Waals surface area contributed by atoms with Crippen molar-refractivity contribution in [2.24, 2.45) is 11.8 Å². The molecule has 1 aliphatic carbocycles. The Labute approximate surface area is 158 Å². The molecule has 1 fully saturated rings. The lowest BCUT2D eigenvalue weighted by Gasteiger charge is -2.19. The second-order valence-corrected chi connectivity index (χ2v) is 7.53. The van der Waals surface area contributed by atoms with Gasteiger partial charge in [-0.15, -0.1) is 0 Å². The lowest BCUT2D eigenvalue weighted by molar-refractivity contribution is 0.0868. The maximum atomic E-state index is 10.2. The Morgan fingerprint density at radius 1 is 1.00 bits per heavy atom. The third-order valence-corrected chi connectivity index (χ3v) is 5.27. The molecule has 0 heterocycles. The molecule has 0 aromatic rings. The summed E-state index contributed by atoms with van der Waals surface area (Å²) in [6.45, 7) is 1.93. The molecular formula is C21H38O5. The Morgan fingerprint density at radius 2 is 1.77 bits per heavy atom. The predicted octanol–water partition coefficient (Wildman–Crippen LogP) is 2.31. The molecule has 6 atom stereocenters. The number of hydrogen-bond acceptors (Lipinski definition) is 5. The number of rotatable bonds is 13. The number of hydrogen-bond donors (Lipinski definition) is 5. The quantitative estimate of drug-likeness (QED) is 0.253. The fourth-order valence-electron chi connectivity index (χ4n) is 3.60. The van der Waals surface area contributed by atoms with Crippen molar-refractivity contribution in [2.45, 2.75) is 89.1 Å². The molecule has 5 N–H and O–H groups in total. The number of aliphatic hydroxyl groups excluding tert-OH is 5. The van der Waals surface area contributed by atoms with Gasteiger partial charge in [0, 0.05) is 12.3 Å². The Bertz CT molecular complexity index is 409. The molecule has 5 nitrogen and oxygen atoms in total. The van der Waals surface area contributed by atoms with Crippen molar-refractivity contribution in [3.63, 3.8) is 0 Å². The largest absolute Gasteiger partial charge is 0.394 e. The van der Waals surface area contributed by atoms with E-state index in [4.69, 9.17) is 5.11 Å². The van der Waals surface area contributed by atoms with Crippen LogP contribution >= 0.6 is 0 Å². The first kappa shape index (κ1) is 23.3. The SMILES string of the molecule is CCCCC[C@H](O)C=C[C@@H]1[C@@H](CC=CCCCC(O)CO)[C@@H](O)C[C@H]1O. The summed E-state index contributed by atoms with van der Waals surface area (Å²) in [6, 6.07) is 0. The van der Waals surface area contributed by atoms with Crippen molar-refractivity contribution in [1.29, 1.82) is 0 Å². The van der Waals surface area contributed by atoms with E-state index in [1.165, 1.54) is 0 Å². The number of aliphatic hydroxyl groups is 5. The second kappa shape index (κ2) is 13.4. The maximum Gasteiger partial charge on any atom is 0.0771 e. The standard InChI is InChI=1S/C21H38O5/c1-2-3-6-9-16(23)12-13-19-18(20(25)14-21(19)26)11-8-5-4-7-10-17(24)15-22/h5,8,12-13,16-26H,2-4,6-7,9-11,14-15H2,1H3/t16-,17?,18+,19+,20-,21+/m0/s1. The van der Waals surface area contributed by atoms with Gasteiger partial charge in [0.15, 0.2) is 0 Å². The molecule has 0 bridgehead atoms. The molecule has 152 valence electrons. The molecule has 0 aliphatic heterocycles. The summed E-state index contributed by atoms with van der Waals surface area (Å²) in [4.78, 5) is 0. The highest BCUT2D eigenvalue weighted by Gasteiger charge is 2.39. The summed E-state index contributed by atoms with van der Waals surface area (Å²) in [6.07, 6.45) is 12.7. The first-order valence-corrected chi connectivity index (χ1v) is 10.2. The van der Waals surface area contributed by atoms with Gasteiger partial charge in [-0.25, -0.2) is 0 Å². The summed E-state index contributed by atoms with van der Waals surface area (Å²) in [5.74, 6) is -0.171. The van der Waals surface area contributed by atoms with Crippen LogP contribution in [0.5, 0.6) is 0 Å². The van der Waals surface area contributed by atoms with E-state index in [1.807, 2.05) is 18.2 Å². The van der Waals surface area contributed by atoms with Crippen molar-refractivity contribution in [3.05, 3.63) is 24.3 Å². The molecule has 1 rings (SSSR count). The molecule has 1 unspecified atom stereocenters.